The maximum Gasteiger partial charge on any atom is 0.264 e. The molecule has 2 N–H and O–H groups in total. The fraction of sp³-hybridized carbons (Fsp3) is 0.167. The molecule has 0 fully saturated rings. The predicted molar refractivity (Wildman–Crippen MR) is 137 cm³/mol. The highest BCUT2D eigenvalue weighted by molar-refractivity contribution is 7.92. The third-order valence-electron chi connectivity index (χ3n) is 4.82. The summed E-state index contributed by atoms with van der Waals surface area (Å²) in [7, 11) is -2.64. The molecule has 184 valence electrons. The monoisotopic (exact) mass is 535 g/mol. The first-order chi connectivity index (χ1) is 16.7. The molecule has 0 aliphatic rings. The summed E-state index contributed by atoms with van der Waals surface area (Å²) in [6.07, 6.45) is 0. The van der Waals surface area contributed by atoms with E-state index in [1.807, 2.05) is 0 Å². The van der Waals surface area contributed by atoms with E-state index in [0.29, 0.717) is 23.2 Å². The Morgan fingerprint density at radius 3 is 2.34 bits per heavy atom. The number of rotatable bonds is 10. The van der Waals surface area contributed by atoms with Gasteiger partial charge in [0.05, 0.1) is 28.4 Å². The van der Waals surface area contributed by atoms with E-state index in [1.165, 1.54) is 43.5 Å². The molecule has 0 saturated carbocycles. The van der Waals surface area contributed by atoms with Crippen LogP contribution in [0.5, 0.6) is 0 Å². The van der Waals surface area contributed by atoms with E-state index in [9.17, 15) is 18.0 Å². The molecule has 0 spiro atoms. The second kappa shape index (κ2) is 12.0. The van der Waals surface area contributed by atoms with Crippen LogP contribution in [0.25, 0.3) is 0 Å². The van der Waals surface area contributed by atoms with Crippen molar-refractivity contribution in [1.82, 2.24) is 5.32 Å². The lowest BCUT2D eigenvalue weighted by molar-refractivity contribution is -0.114. The molecule has 3 aromatic rings. The Kier molecular flexibility index (Phi) is 9.11. The van der Waals surface area contributed by atoms with E-state index in [0.717, 1.165) is 4.31 Å². The van der Waals surface area contributed by atoms with E-state index >= 15 is 0 Å². The van der Waals surface area contributed by atoms with Gasteiger partial charge in [-0.05, 0) is 54.6 Å². The Balaban J connectivity index is 1.89. The number of carbonyl (C=O) groups excluding carboxylic acids is 2. The molecule has 3 rings (SSSR count). The van der Waals surface area contributed by atoms with Crippen molar-refractivity contribution >= 4 is 56.4 Å². The van der Waals surface area contributed by atoms with Crippen LogP contribution in [0, 0.1) is 0 Å². The Labute approximate surface area is 213 Å². The number of anilines is 2. The summed E-state index contributed by atoms with van der Waals surface area (Å²) in [4.78, 5) is 25.5. The zero-order chi connectivity index (χ0) is 25.4. The first-order valence-electron chi connectivity index (χ1n) is 10.4. The third kappa shape index (κ3) is 6.95. The fourth-order valence-electron chi connectivity index (χ4n) is 3.15. The van der Waals surface area contributed by atoms with Gasteiger partial charge in [-0.2, -0.15) is 0 Å². The van der Waals surface area contributed by atoms with Crippen molar-refractivity contribution in [2.75, 3.05) is 36.4 Å². The molecule has 0 aromatic heterocycles. The molecule has 3 aromatic carbocycles. The highest BCUT2D eigenvalue weighted by Crippen LogP contribution is 2.27. The van der Waals surface area contributed by atoms with Crippen LogP contribution in [-0.2, 0) is 19.6 Å². The summed E-state index contributed by atoms with van der Waals surface area (Å²) in [5.74, 6) is -1.06. The van der Waals surface area contributed by atoms with Gasteiger partial charge in [-0.25, -0.2) is 8.42 Å². The molecule has 0 heterocycles. The molecular weight excluding hydrogens is 513 g/mol. The Hall–Kier alpha value is -3.11. The highest BCUT2D eigenvalue weighted by Gasteiger charge is 2.28. The van der Waals surface area contributed by atoms with Crippen molar-refractivity contribution in [3.05, 3.63) is 88.4 Å². The number of methoxy groups -OCH3 is 1. The van der Waals surface area contributed by atoms with Crippen molar-refractivity contribution < 1.29 is 22.7 Å². The van der Waals surface area contributed by atoms with Crippen molar-refractivity contribution in [3.63, 3.8) is 0 Å². The minimum Gasteiger partial charge on any atom is -0.383 e. The van der Waals surface area contributed by atoms with Gasteiger partial charge in [0.25, 0.3) is 15.9 Å². The van der Waals surface area contributed by atoms with E-state index < -0.39 is 28.4 Å². The fourth-order valence-corrected chi connectivity index (χ4v) is 4.88. The van der Waals surface area contributed by atoms with E-state index in [1.54, 1.807) is 36.4 Å². The summed E-state index contributed by atoms with van der Waals surface area (Å²) >= 11 is 12.0. The van der Waals surface area contributed by atoms with Crippen LogP contribution in [0.3, 0.4) is 0 Å². The van der Waals surface area contributed by atoms with Crippen molar-refractivity contribution in [2.24, 2.45) is 0 Å². The van der Waals surface area contributed by atoms with Crippen LogP contribution >= 0.6 is 23.2 Å². The number of hydrogen-bond acceptors (Lipinski definition) is 5. The largest absolute Gasteiger partial charge is 0.383 e. The normalized spacial score (nSPS) is 11.1. The molecular formula is C24H23Cl2N3O5S. The average molecular weight is 536 g/mol. The van der Waals surface area contributed by atoms with Crippen LogP contribution in [-0.4, -0.2) is 47.0 Å². The third-order valence-corrected chi connectivity index (χ3v) is 7.10. The molecule has 0 unspecified atom stereocenters. The number of nitrogens with one attached hydrogen (secondary N) is 2. The summed E-state index contributed by atoms with van der Waals surface area (Å²) in [5.41, 5.74) is 0.669. The molecule has 0 saturated heterocycles. The zero-order valence-electron chi connectivity index (χ0n) is 18.7. The van der Waals surface area contributed by atoms with Gasteiger partial charge >= 0.3 is 0 Å². The van der Waals surface area contributed by atoms with Gasteiger partial charge in [-0.1, -0.05) is 41.4 Å². The second-order valence-corrected chi connectivity index (χ2v) is 10.0. The number of amides is 2. The number of hydrogen-bond donors (Lipinski definition) is 2. The number of nitrogens with zero attached hydrogens (tertiary/aromatic N) is 1. The summed E-state index contributed by atoms with van der Waals surface area (Å²) < 4.78 is 32.8. The summed E-state index contributed by atoms with van der Waals surface area (Å²) in [5, 5.41) is 6.00. The summed E-state index contributed by atoms with van der Waals surface area (Å²) in [6, 6.07) is 18.2. The molecule has 2 amide bonds. The molecule has 0 radical (unpaired) electrons. The first-order valence-corrected chi connectivity index (χ1v) is 12.6. The Morgan fingerprint density at radius 2 is 1.66 bits per heavy atom. The maximum absolute atomic E-state index is 13.4. The van der Waals surface area contributed by atoms with Gasteiger partial charge < -0.3 is 15.4 Å². The maximum atomic E-state index is 13.4. The molecule has 11 heteroatoms. The second-order valence-electron chi connectivity index (χ2n) is 7.29. The Morgan fingerprint density at radius 1 is 0.943 bits per heavy atom. The smallest absolute Gasteiger partial charge is 0.264 e. The lowest BCUT2D eigenvalue weighted by atomic mass is 10.1. The van der Waals surface area contributed by atoms with Gasteiger partial charge in [0, 0.05) is 23.7 Å². The zero-order valence-corrected chi connectivity index (χ0v) is 21.0. The predicted octanol–water partition coefficient (Wildman–Crippen LogP) is 4.20. The Bertz CT molecular complexity index is 1300. The van der Waals surface area contributed by atoms with Crippen LogP contribution in [0.4, 0.5) is 11.4 Å². The number of carbonyl (C=O) groups is 2. The van der Waals surface area contributed by atoms with E-state index in [2.05, 4.69) is 10.6 Å². The van der Waals surface area contributed by atoms with Crippen LogP contribution < -0.4 is 14.9 Å². The number of benzene rings is 3. The van der Waals surface area contributed by atoms with Crippen molar-refractivity contribution in [2.45, 2.75) is 4.90 Å². The lowest BCUT2D eigenvalue weighted by Crippen LogP contribution is -2.38. The van der Waals surface area contributed by atoms with Gasteiger partial charge in [0.15, 0.2) is 0 Å². The van der Waals surface area contributed by atoms with Gasteiger partial charge in [0.2, 0.25) is 5.91 Å². The van der Waals surface area contributed by atoms with Crippen molar-refractivity contribution in [1.29, 1.82) is 0 Å². The average Bonchev–Trinajstić information content (AvgIpc) is 2.83. The topological polar surface area (TPSA) is 105 Å². The van der Waals surface area contributed by atoms with Crippen LogP contribution in [0.1, 0.15) is 10.4 Å². The quantitative estimate of drug-likeness (QED) is 0.378. The molecule has 0 bridgehead atoms. The van der Waals surface area contributed by atoms with Crippen LogP contribution in [0.15, 0.2) is 77.7 Å². The van der Waals surface area contributed by atoms with Gasteiger partial charge in [-0.15, -0.1) is 0 Å². The number of para-hydroxylation sites is 1. The first kappa shape index (κ1) is 26.5. The standard InChI is InChI=1S/C24H23Cl2N3O5S/c1-34-14-13-27-24(31)21-7-2-3-8-22(21)28-23(30)16-29(19-6-4-5-18(26)15-19)35(32,33)20-11-9-17(25)10-12-20/h2-12,15H,13-14,16H2,1H3,(H,27,31)(H,28,30). The summed E-state index contributed by atoms with van der Waals surface area (Å²) in [6.45, 7) is 0.0574. The molecule has 0 aliphatic heterocycles. The lowest BCUT2D eigenvalue weighted by Gasteiger charge is -2.24. The van der Waals surface area contributed by atoms with Gasteiger partial charge in [0.1, 0.15) is 6.54 Å². The molecule has 8 nitrogen and oxygen atoms in total. The SMILES string of the molecule is COCCNC(=O)c1ccccc1NC(=O)CN(c1cccc(Cl)c1)S(=O)(=O)c1ccc(Cl)cc1. The molecule has 0 atom stereocenters. The van der Waals surface area contributed by atoms with Crippen LogP contribution in [0.2, 0.25) is 10.0 Å². The number of sulfonamides is 1. The highest BCUT2D eigenvalue weighted by atomic mass is 35.5. The van der Waals surface area contributed by atoms with Gasteiger partial charge in [-0.3, -0.25) is 13.9 Å². The molecule has 35 heavy (non-hydrogen) atoms. The minimum atomic E-state index is -4.15. The number of halogens is 2. The van der Waals surface area contributed by atoms with Crippen molar-refractivity contribution in [3.8, 4) is 0 Å². The molecule has 0 aliphatic carbocycles. The van der Waals surface area contributed by atoms with E-state index in [4.69, 9.17) is 27.9 Å². The minimum absolute atomic E-state index is 0.0485. The number of ether oxygens (including phenoxy) is 1. The van der Waals surface area contributed by atoms with E-state index in [-0.39, 0.29) is 21.8 Å².